The number of carbonyl (C=O) groups is 1. The van der Waals surface area contributed by atoms with E-state index >= 15 is 0 Å². The summed E-state index contributed by atoms with van der Waals surface area (Å²) in [5.41, 5.74) is 0.819. The first-order valence-electron chi connectivity index (χ1n) is 6.27. The summed E-state index contributed by atoms with van der Waals surface area (Å²) in [7, 11) is 3.13. The fourth-order valence-electron chi connectivity index (χ4n) is 1.72. The van der Waals surface area contributed by atoms with Crippen LogP contribution in [0.25, 0.3) is 6.08 Å². The minimum Gasteiger partial charge on any atom is -0.493 e. The number of nitrogens with one attached hydrogen (secondary N) is 1. The number of methoxy groups -OCH3 is 2. The van der Waals surface area contributed by atoms with Crippen molar-refractivity contribution >= 4 is 17.8 Å². The van der Waals surface area contributed by atoms with Gasteiger partial charge in [0.1, 0.15) is 5.76 Å². The smallest absolute Gasteiger partial charge is 0.249 e. The molecule has 1 N–H and O–H groups in total. The van der Waals surface area contributed by atoms with Crippen LogP contribution < -0.4 is 14.8 Å². The van der Waals surface area contributed by atoms with Gasteiger partial charge in [-0.1, -0.05) is 11.2 Å². The Morgan fingerprint density at radius 3 is 2.62 bits per heavy atom. The van der Waals surface area contributed by atoms with Gasteiger partial charge in [0.2, 0.25) is 5.91 Å². The zero-order valence-corrected chi connectivity index (χ0v) is 12.0. The van der Waals surface area contributed by atoms with Crippen molar-refractivity contribution in [2.45, 2.75) is 6.92 Å². The number of hydrogen-bond donors (Lipinski definition) is 1. The van der Waals surface area contributed by atoms with Crippen LogP contribution in [0, 0.1) is 6.92 Å². The predicted molar refractivity (Wildman–Crippen MR) is 78.4 cm³/mol. The standard InChI is InChI=1S/C15H16N2O4/c1-10-8-14(17-21-10)16-15(18)7-5-11-4-6-12(19-2)13(9-11)20-3/h4-9H,1-3H3,(H,16,17,18)/b7-5-. The molecule has 0 saturated heterocycles. The Balaban J connectivity index is 2.04. The molecule has 110 valence electrons. The molecule has 0 atom stereocenters. The fraction of sp³-hybridized carbons (Fsp3) is 0.200. The maximum atomic E-state index is 11.7. The molecule has 0 radical (unpaired) electrons. The van der Waals surface area contributed by atoms with Gasteiger partial charge in [0, 0.05) is 12.1 Å². The third-order valence-corrected chi connectivity index (χ3v) is 2.71. The van der Waals surface area contributed by atoms with Crippen LogP contribution in [0.15, 0.2) is 34.9 Å². The maximum Gasteiger partial charge on any atom is 0.249 e. The molecule has 1 aromatic heterocycles. The SMILES string of the molecule is COc1ccc(/C=C\C(=O)Nc2cc(C)on2)cc1OC. The van der Waals surface area contributed by atoms with Gasteiger partial charge in [0.25, 0.3) is 0 Å². The van der Waals surface area contributed by atoms with Crippen LogP contribution in [0.4, 0.5) is 5.82 Å². The highest BCUT2D eigenvalue weighted by atomic mass is 16.5. The third-order valence-electron chi connectivity index (χ3n) is 2.71. The van der Waals surface area contributed by atoms with Crippen LogP contribution in [0.1, 0.15) is 11.3 Å². The van der Waals surface area contributed by atoms with Crippen LogP contribution in [-0.2, 0) is 4.79 Å². The first-order valence-corrected chi connectivity index (χ1v) is 6.27. The molecule has 1 aromatic carbocycles. The number of rotatable bonds is 5. The van der Waals surface area contributed by atoms with Crippen molar-refractivity contribution in [1.82, 2.24) is 5.16 Å². The maximum absolute atomic E-state index is 11.7. The summed E-state index contributed by atoms with van der Waals surface area (Å²) in [6, 6.07) is 7.02. The van der Waals surface area contributed by atoms with E-state index < -0.39 is 0 Å². The van der Waals surface area contributed by atoms with E-state index in [-0.39, 0.29) is 5.91 Å². The van der Waals surface area contributed by atoms with Crippen LogP contribution >= 0.6 is 0 Å². The molecule has 0 aliphatic heterocycles. The lowest BCUT2D eigenvalue weighted by molar-refractivity contribution is -0.111. The molecule has 2 rings (SSSR count). The van der Waals surface area contributed by atoms with Gasteiger partial charge in [0.05, 0.1) is 14.2 Å². The number of hydrogen-bond acceptors (Lipinski definition) is 5. The molecule has 1 heterocycles. The molecular weight excluding hydrogens is 272 g/mol. The normalized spacial score (nSPS) is 10.6. The van der Waals surface area contributed by atoms with Crippen LogP contribution in [0.5, 0.6) is 11.5 Å². The van der Waals surface area contributed by atoms with E-state index in [1.54, 1.807) is 45.4 Å². The zero-order chi connectivity index (χ0) is 15.2. The summed E-state index contributed by atoms with van der Waals surface area (Å²) in [5, 5.41) is 6.28. The van der Waals surface area contributed by atoms with Gasteiger partial charge >= 0.3 is 0 Å². The number of benzene rings is 1. The molecule has 21 heavy (non-hydrogen) atoms. The van der Waals surface area contributed by atoms with Gasteiger partial charge < -0.3 is 19.3 Å². The van der Waals surface area contributed by atoms with Crippen molar-refractivity contribution in [2.75, 3.05) is 19.5 Å². The summed E-state index contributed by atoms with van der Waals surface area (Å²) >= 11 is 0. The number of aryl methyl sites for hydroxylation is 1. The lowest BCUT2D eigenvalue weighted by atomic mass is 10.2. The van der Waals surface area contributed by atoms with Crippen molar-refractivity contribution in [3.05, 3.63) is 41.7 Å². The van der Waals surface area contributed by atoms with E-state index in [2.05, 4.69) is 10.5 Å². The fourth-order valence-corrected chi connectivity index (χ4v) is 1.72. The first kappa shape index (κ1) is 14.6. The lowest BCUT2D eigenvalue weighted by Crippen LogP contribution is -2.07. The summed E-state index contributed by atoms with van der Waals surface area (Å²) in [6.45, 7) is 1.75. The van der Waals surface area contributed by atoms with Crippen molar-refractivity contribution < 1.29 is 18.8 Å². The summed E-state index contributed by atoms with van der Waals surface area (Å²) < 4.78 is 15.2. The zero-order valence-electron chi connectivity index (χ0n) is 12.0. The number of ether oxygens (including phenoxy) is 2. The Morgan fingerprint density at radius 1 is 1.24 bits per heavy atom. The van der Waals surface area contributed by atoms with Gasteiger partial charge in [-0.15, -0.1) is 0 Å². The molecule has 0 unspecified atom stereocenters. The Morgan fingerprint density at radius 2 is 2.00 bits per heavy atom. The Labute approximate surface area is 122 Å². The molecule has 0 fully saturated rings. The Hall–Kier alpha value is -2.76. The third kappa shape index (κ3) is 3.85. The van der Waals surface area contributed by atoms with Crippen molar-refractivity contribution in [2.24, 2.45) is 0 Å². The Kier molecular flexibility index (Phi) is 4.61. The van der Waals surface area contributed by atoms with E-state index in [1.807, 2.05) is 6.07 Å². The van der Waals surface area contributed by atoms with Gasteiger partial charge in [-0.3, -0.25) is 4.79 Å². The molecule has 1 amide bonds. The van der Waals surface area contributed by atoms with Gasteiger partial charge in [-0.2, -0.15) is 0 Å². The molecule has 0 bridgehead atoms. The van der Waals surface area contributed by atoms with Gasteiger partial charge in [0.15, 0.2) is 17.3 Å². The number of nitrogens with zero attached hydrogens (tertiary/aromatic N) is 1. The van der Waals surface area contributed by atoms with Crippen LogP contribution in [0.2, 0.25) is 0 Å². The average Bonchev–Trinajstić information content (AvgIpc) is 2.89. The summed E-state index contributed by atoms with van der Waals surface area (Å²) in [6.07, 6.45) is 3.08. The lowest BCUT2D eigenvalue weighted by Gasteiger charge is -2.07. The number of aromatic nitrogens is 1. The second-order valence-corrected chi connectivity index (χ2v) is 4.26. The molecule has 0 spiro atoms. The van der Waals surface area contributed by atoms with E-state index in [1.165, 1.54) is 6.08 Å². The van der Waals surface area contributed by atoms with Crippen LogP contribution in [0.3, 0.4) is 0 Å². The molecule has 2 aromatic rings. The summed E-state index contributed by atoms with van der Waals surface area (Å²) in [5.74, 6) is 1.96. The predicted octanol–water partition coefficient (Wildman–Crippen LogP) is 2.65. The van der Waals surface area contributed by atoms with E-state index in [9.17, 15) is 4.79 Å². The minimum absolute atomic E-state index is 0.293. The Bertz CT molecular complexity index is 661. The number of anilines is 1. The van der Waals surface area contributed by atoms with E-state index in [0.29, 0.717) is 23.1 Å². The molecule has 0 saturated carbocycles. The highest BCUT2D eigenvalue weighted by Gasteiger charge is 2.05. The van der Waals surface area contributed by atoms with Crippen LogP contribution in [-0.4, -0.2) is 25.3 Å². The van der Waals surface area contributed by atoms with Crippen molar-refractivity contribution in [3.8, 4) is 11.5 Å². The average molecular weight is 288 g/mol. The minimum atomic E-state index is -0.293. The van der Waals surface area contributed by atoms with Gasteiger partial charge in [-0.05, 0) is 30.7 Å². The highest BCUT2D eigenvalue weighted by molar-refractivity contribution is 6.01. The second-order valence-electron chi connectivity index (χ2n) is 4.26. The molecule has 6 heteroatoms. The molecule has 0 aliphatic carbocycles. The second kappa shape index (κ2) is 6.60. The molecular formula is C15H16N2O4. The van der Waals surface area contributed by atoms with E-state index in [0.717, 1.165) is 5.56 Å². The van der Waals surface area contributed by atoms with Crippen molar-refractivity contribution in [1.29, 1.82) is 0 Å². The topological polar surface area (TPSA) is 73.6 Å². The largest absolute Gasteiger partial charge is 0.493 e. The highest BCUT2D eigenvalue weighted by Crippen LogP contribution is 2.27. The number of carbonyl (C=O) groups excluding carboxylic acids is 1. The molecule has 0 aliphatic rings. The van der Waals surface area contributed by atoms with Crippen molar-refractivity contribution in [3.63, 3.8) is 0 Å². The van der Waals surface area contributed by atoms with Gasteiger partial charge in [-0.25, -0.2) is 0 Å². The first-order chi connectivity index (χ1) is 10.1. The molecule has 6 nitrogen and oxygen atoms in total. The van der Waals surface area contributed by atoms with E-state index in [4.69, 9.17) is 14.0 Å². The monoisotopic (exact) mass is 288 g/mol. The quantitative estimate of drug-likeness (QED) is 0.856. The summed E-state index contributed by atoms with van der Waals surface area (Å²) in [4.78, 5) is 11.7. The number of amides is 1.